The lowest BCUT2D eigenvalue weighted by molar-refractivity contribution is 0.647. The summed E-state index contributed by atoms with van der Waals surface area (Å²) >= 11 is 12.7. The minimum atomic E-state index is -0.0389. The van der Waals surface area contributed by atoms with Gasteiger partial charge in [0.2, 0.25) is 0 Å². The van der Waals surface area contributed by atoms with Crippen LogP contribution in [-0.4, -0.2) is 0 Å². The molecule has 2 aromatic rings. The third-order valence-corrected chi connectivity index (χ3v) is 4.12. The van der Waals surface area contributed by atoms with E-state index in [4.69, 9.17) is 23.2 Å². The van der Waals surface area contributed by atoms with Gasteiger partial charge in [0.25, 0.3) is 0 Å². The van der Waals surface area contributed by atoms with Gasteiger partial charge in [-0.15, -0.1) is 11.6 Å². The molecule has 2 rings (SSSR count). The average molecular weight is 307 g/mol. The van der Waals surface area contributed by atoms with Gasteiger partial charge in [-0.2, -0.15) is 0 Å². The summed E-state index contributed by atoms with van der Waals surface area (Å²) in [7, 11) is 0. The molecule has 0 aliphatic rings. The quantitative estimate of drug-likeness (QED) is 0.589. The molecule has 1 atom stereocenters. The van der Waals surface area contributed by atoms with Crippen LogP contribution >= 0.6 is 23.2 Å². The number of alkyl halides is 1. The second kappa shape index (κ2) is 7.15. The van der Waals surface area contributed by atoms with Crippen molar-refractivity contribution in [3.8, 4) is 0 Å². The van der Waals surface area contributed by atoms with Crippen LogP contribution in [0.15, 0.2) is 48.5 Å². The van der Waals surface area contributed by atoms with Gasteiger partial charge in [0.05, 0.1) is 5.38 Å². The Labute approximate surface area is 131 Å². The fourth-order valence-electron chi connectivity index (χ4n) is 2.31. The maximum Gasteiger partial charge on any atom is 0.0626 e. The van der Waals surface area contributed by atoms with Crippen LogP contribution in [0.2, 0.25) is 5.02 Å². The second-order valence-electron chi connectivity index (χ2n) is 5.60. The van der Waals surface area contributed by atoms with E-state index in [2.05, 4.69) is 38.1 Å². The summed E-state index contributed by atoms with van der Waals surface area (Å²) < 4.78 is 0. The summed E-state index contributed by atoms with van der Waals surface area (Å²) in [6.07, 6.45) is 1.86. The molecule has 0 saturated heterocycles. The summed E-state index contributed by atoms with van der Waals surface area (Å²) in [6, 6.07) is 16.5. The summed E-state index contributed by atoms with van der Waals surface area (Å²) in [4.78, 5) is 0. The molecule has 2 aromatic carbocycles. The van der Waals surface area contributed by atoms with E-state index in [1.807, 2.05) is 24.3 Å². The Kier molecular flexibility index (Phi) is 5.51. The van der Waals surface area contributed by atoms with Crippen LogP contribution in [0.3, 0.4) is 0 Å². The maximum atomic E-state index is 6.51. The van der Waals surface area contributed by atoms with Crippen LogP contribution in [0, 0.1) is 5.92 Å². The van der Waals surface area contributed by atoms with E-state index in [0.29, 0.717) is 5.92 Å². The number of halogens is 2. The summed E-state index contributed by atoms with van der Waals surface area (Å²) in [6.45, 7) is 4.46. The van der Waals surface area contributed by atoms with Crippen molar-refractivity contribution in [3.63, 3.8) is 0 Å². The zero-order valence-corrected chi connectivity index (χ0v) is 13.5. The number of benzene rings is 2. The lowest BCUT2D eigenvalue weighted by Crippen LogP contribution is -1.98. The number of hydrogen-bond donors (Lipinski definition) is 0. The van der Waals surface area contributed by atoms with Crippen LogP contribution < -0.4 is 0 Å². The average Bonchev–Trinajstić information content (AvgIpc) is 2.41. The molecule has 0 nitrogen and oxygen atoms in total. The molecule has 0 saturated carbocycles. The molecule has 0 fully saturated rings. The first-order valence-corrected chi connectivity index (χ1v) is 7.84. The third-order valence-electron chi connectivity index (χ3n) is 3.34. The zero-order chi connectivity index (χ0) is 14.5. The molecule has 20 heavy (non-hydrogen) atoms. The topological polar surface area (TPSA) is 0 Å². The largest absolute Gasteiger partial charge is 0.117 e. The van der Waals surface area contributed by atoms with E-state index in [1.165, 1.54) is 5.56 Å². The van der Waals surface area contributed by atoms with Gasteiger partial charge < -0.3 is 0 Å². The highest BCUT2D eigenvalue weighted by atomic mass is 35.5. The molecule has 0 radical (unpaired) electrons. The van der Waals surface area contributed by atoms with E-state index >= 15 is 0 Å². The van der Waals surface area contributed by atoms with Gasteiger partial charge in [0.1, 0.15) is 0 Å². The molecule has 0 N–H and O–H groups in total. The maximum absolute atomic E-state index is 6.51. The Hall–Kier alpha value is -0.980. The Morgan fingerprint density at radius 1 is 0.900 bits per heavy atom. The number of rotatable bonds is 5. The first-order chi connectivity index (χ1) is 9.56. The summed E-state index contributed by atoms with van der Waals surface area (Å²) in [5, 5.41) is 0.748. The standard InChI is InChI=1S/C18H20Cl2/c1-13(2)11-14-7-9-15(10-8-14)18(20)12-16-5-3-4-6-17(16)19/h3-10,13,18H,11-12H2,1-2H3. The molecule has 0 aromatic heterocycles. The van der Waals surface area contributed by atoms with Crippen molar-refractivity contribution in [2.75, 3.05) is 0 Å². The molecule has 0 bridgehead atoms. The fraction of sp³-hybridized carbons (Fsp3) is 0.333. The predicted molar refractivity (Wildman–Crippen MR) is 88.7 cm³/mol. The highest BCUT2D eigenvalue weighted by molar-refractivity contribution is 6.31. The van der Waals surface area contributed by atoms with Gasteiger partial charge in [-0.1, -0.05) is 67.9 Å². The van der Waals surface area contributed by atoms with Crippen LogP contribution in [0.5, 0.6) is 0 Å². The molecular formula is C18H20Cl2. The van der Waals surface area contributed by atoms with E-state index in [0.717, 1.165) is 29.0 Å². The highest BCUT2D eigenvalue weighted by Gasteiger charge is 2.11. The minimum absolute atomic E-state index is 0.0389. The van der Waals surface area contributed by atoms with E-state index < -0.39 is 0 Å². The van der Waals surface area contributed by atoms with E-state index in [-0.39, 0.29) is 5.38 Å². The minimum Gasteiger partial charge on any atom is -0.117 e. The van der Waals surface area contributed by atoms with Gasteiger partial charge in [0.15, 0.2) is 0 Å². The van der Waals surface area contributed by atoms with Crippen molar-refractivity contribution in [2.24, 2.45) is 5.92 Å². The fourth-order valence-corrected chi connectivity index (χ4v) is 2.83. The first kappa shape index (κ1) is 15.4. The molecule has 0 spiro atoms. The van der Waals surface area contributed by atoms with Gasteiger partial charge in [-0.3, -0.25) is 0 Å². The van der Waals surface area contributed by atoms with Crippen LogP contribution in [0.1, 0.15) is 35.9 Å². The lowest BCUT2D eigenvalue weighted by Gasteiger charge is -2.12. The van der Waals surface area contributed by atoms with Crippen LogP contribution in [-0.2, 0) is 12.8 Å². The van der Waals surface area contributed by atoms with Crippen molar-refractivity contribution in [1.82, 2.24) is 0 Å². The molecule has 1 unspecified atom stereocenters. The summed E-state index contributed by atoms with van der Waals surface area (Å²) in [5.74, 6) is 0.677. The monoisotopic (exact) mass is 306 g/mol. The van der Waals surface area contributed by atoms with Crippen molar-refractivity contribution in [2.45, 2.75) is 32.1 Å². The van der Waals surface area contributed by atoms with Crippen molar-refractivity contribution in [1.29, 1.82) is 0 Å². The lowest BCUT2D eigenvalue weighted by atomic mass is 9.99. The zero-order valence-electron chi connectivity index (χ0n) is 11.9. The third kappa shape index (κ3) is 4.26. The Morgan fingerprint density at radius 3 is 2.15 bits per heavy atom. The predicted octanol–water partition coefficient (Wildman–Crippen LogP) is 6.06. The molecular weight excluding hydrogens is 287 g/mol. The van der Waals surface area contributed by atoms with Crippen molar-refractivity contribution >= 4 is 23.2 Å². The van der Waals surface area contributed by atoms with Crippen molar-refractivity contribution in [3.05, 3.63) is 70.2 Å². The van der Waals surface area contributed by atoms with Crippen LogP contribution in [0.4, 0.5) is 0 Å². The van der Waals surface area contributed by atoms with Crippen LogP contribution in [0.25, 0.3) is 0 Å². The molecule has 0 heterocycles. The van der Waals surface area contributed by atoms with Gasteiger partial charge in [-0.05, 0) is 41.5 Å². The highest BCUT2D eigenvalue weighted by Crippen LogP contribution is 2.28. The van der Waals surface area contributed by atoms with E-state index in [1.54, 1.807) is 0 Å². The smallest absolute Gasteiger partial charge is 0.0626 e. The normalized spacial score (nSPS) is 12.7. The van der Waals surface area contributed by atoms with E-state index in [9.17, 15) is 0 Å². The second-order valence-corrected chi connectivity index (χ2v) is 6.54. The molecule has 106 valence electrons. The Morgan fingerprint density at radius 2 is 1.55 bits per heavy atom. The van der Waals surface area contributed by atoms with Gasteiger partial charge in [-0.25, -0.2) is 0 Å². The number of hydrogen-bond acceptors (Lipinski definition) is 0. The molecule has 0 amide bonds. The molecule has 2 heteroatoms. The first-order valence-electron chi connectivity index (χ1n) is 7.02. The van der Waals surface area contributed by atoms with Crippen molar-refractivity contribution < 1.29 is 0 Å². The van der Waals surface area contributed by atoms with Gasteiger partial charge in [0, 0.05) is 5.02 Å². The molecule has 0 aliphatic carbocycles. The summed E-state index contributed by atoms with van der Waals surface area (Å²) in [5.41, 5.74) is 3.62. The Bertz CT molecular complexity index is 544. The molecule has 0 aliphatic heterocycles. The van der Waals surface area contributed by atoms with Gasteiger partial charge >= 0.3 is 0 Å². The Balaban J connectivity index is 2.06. The SMILES string of the molecule is CC(C)Cc1ccc(C(Cl)Cc2ccccc2Cl)cc1.